The van der Waals surface area contributed by atoms with E-state index in [1.54, 1.807) is 7.11 Å². The van der Waals surface area contributed by atoms with E-state index in [2.05, 4.69) is 0 Å². The summed E-state index contributed by atoms with van der Waals surface area (Å²) in [5.41, 5.74) is 0. The fourth-order valence-electron chi connectivity index (χ4n) is 0.799. The molecule has 0 atom stereocenters. The van der Waals surface area contributed by atoms with Crippen molar-refractivity contribution in [3.8, 4) is 0 Å². The van der Waals surface area contributed by atoms with Gasteiger partial charge in [-0.3, -0.25) is 0 Å². The molecule has 0 saturated carbocycles. The maximum atomic E-state index is 11.6. The van der Waals surface area contributed by atoms with Crippen LogP contribution in [0.15, 0.2) is 0 Å². The zero-order valence-electron chi connectivity index (χ0n) is 7.66. The van der Waals surface area contributed by atoms with Crippen LogP contribution in [0.4, 0.5) is 12.9 Å². The van der Waals surface area contributed by atoms with E-state index in [0.29, 0.717) is 13.0 Å². The number of ether oxygens (including phenoxy) is 1. The molecule has 12 heavy (non-hydrogen) atoms. The normalized spacial score (nSPS) is 11.0. The summed E-state index contributed by atoms with van der Waals surface area (Å²) in [6.07, 6.45) is 0.967. The maximum absolute atomic E-state index is 11.6. The Labute approximate surface area is 114 Å². The van der Waals surface area contributed by atoms with Gasteiger partial charge in [0.2, 0.25) is 0 Å². The Kier molecular flexibility index (Phi) is 12.0. The van der Waals surface area contributed by atoms with Crippen LogP contribution in [0.3, 0.4) is 0 Å². The number of unbranched alkanes of at least 4 members (excludes halogenated alkanes) is 2. The molecule has 1 nitrogen and oxygen atoms in total. The van der Waals surface area contributed by atoms with Crippen molar-refractivity contribution in [3.05, 3.63) is 0 Å². The quantitative estimate of drug-likeness (QED) is 0.428. The Hall–Kier alpha value is 1.45. The van der Waals surface area contributed by atoms with Gasteiger partial charge in [-0.25, -0.2) is 0 Å². The fourth-order valence-corrected chi connectivity index (χ4v) is 0.799. The molecule has 0 aliphatic carbocycles. The summed E-state index contributed by atoms with van der Waals surface area (Å²) >= 11 is 0. The van der Waals surface area contributed by atoms with Crippen molar-refractivity contribution in [2.75, 3.05) is 13.7 Å². The first-order valence-corrected chi connectivity index (χ1v) is 3.76. The zero-order chi connectivity index (χ0) is 8.74. The van der Waals surface area contributed by atoms with E-state index in [0.717, 1.165) is 6.42 Å². The SMILES string of the molecule is COCCCCC[B-](F)(F)F.[K+]. The Balaban J connectivity index is 0. The standard InChI is InChI=1S/C6H13BF3O.K/c1-11-6-4-2-3-5-7(8,9)10;/h2-6H2,1H3;/q-1;+1. The first kappa shape index (κ1) is 15.9. The summed E-state index contributed by atoms with van der Waals surface area (Å²) < 4.78 is 39.5. The number of methoxy groups -OCH3 is 1. The summed E-state index contributed by atoms with van der Waals surface area (Å²) in [5, 5.41) is 0. The van der Waals surface area contributed by atoms with Crippen LogP contribution in [0.25, 0.3) is 0 Å². The molecule has 0 radical (unpaired) electrons. The van der Waals surface area contributed by atoms with Gasteiger partial charge in [-0.05, 0) is 6.42 Å². The summed E-state index contributed by atoms with van der Waals surface area (Å²) in [4.78, 5) is 0. The van der Waals surface area contributed by atoms with Gasteiger partial charge in [0.05, 0.1) is 0 Å². The van der Waals surface area contributed by atoms with Gasteiger partial charge in [-0.2, -0.15) is 0 Å². The molecule has 0 unspecified atom stereocenters. The van der Waals surface area contributed by atoms with E-state index in [1.807, 2.05) is 0 Å². The maximum Gasteiger partial charge on any atom is 1.00 e. The van der Waals surface area contributed by atoms with Crippen molar-refractivity contribution in [1.82, 2.24) is 0 Å². The molecular formula is C6H13BF3KO. The minimum atomic E-state index is -4.56. The Morgan fingerprint density at radius 3 is 2.08 bits per heavy atom. The fraction of sp³-hybridized carbons (Fsp3) is 1.00. The molecule has 0 bridgehead atoms. The van der Waals surface area contributed by atoms with Crippen molar-refractivity contribution < 1.29 is 69.1 Å². The summed E-state index contributed by atoms with van der Waals surface area (Å²) in [7, 11) is 1.55. The van der Waals surface area contributed by atoms with Crippen LogP contribution in [0.2, 0.25) is 6.32 Å². The minimum absolute atomic E-state index is 0. The summed E-state index contributed by atoms with van der Waals surface area (Å²) in [6, 6.07) is 0. The number of rotatable bonds is 6. The minimum Gasteiger partial charge on any atom is -0.449 e. The van der Waals surface area contributed by atoms with Crippen LogP contribution in [0, 0.1) is 0 Å². The van der Waals surface area contributed by atoms with Crippen LogP contribution < -0.4 is 51.4 Å². The van der Waals surface area contributed by atoms with Crippen molar-refractivity contribution in [2.24, 2.45) is 0 Å². The van der Waals surface area contributed by atoms with Crippen molar-refractivity contribution in [1.29, 1.82) is 0 Å². The van der Waals surface area contributed by atoms with Crippen LogP contribution in [0.5, 0.6) is 0 Å². The van der Waals surface area contributed by atoms with Gasteiger partial charge < -0.3 is 17.7 Å². The van der Waals surface area contributed by atoms with Crippen LogP contribution in [-0.4, -0.2) is 20.7 Å². The second-order valence-corrected chi connectivity index (χ2v) is 2.55. The van der Waals surface area contributed by atoms with E-state index in [4.69, 9.17) is 4.74 Å². The Morgan fingerprint density at radius 1 is 1.08 bits per heavy atom. The predicted octanol–water partition coefficient (Wildman–Crippen LogP) is -0.345. The molecule has 0 fully saturated rings. The topological polar surface area (TPSA) is 9.23 Å². The van der Waals surface area contributed by atoms with Gasteiger partial charge in [0.25, 0.3) is 0 Å². The third-order valence-corrected chi connectivity index (χ3v) is 1.38. The number of hydrogen-bond acceptors (Lipinski definition) is 1. The summed E-state index contributed by atoms with van der Waals surface area (Å²) in [5.74, 6) is 0. The average Bonchev–Trinajstić information content (AvgIpc) is 1.85. The van der Waals surface area contributed by atoms with Gasteiger partial charge in [0.15, 0.2) is 0 Å². The molecule has 0 saturated heterocycles. The van der Waals surface area contributed by atoms with E-state index >= 15 is 0 Å². The molecule has 6 heteroatoms. The first-order chi connectivity index (χ1) is 5.06. The molecule has 0 aromatic rings. The van der Waals surface area contributed by atoms with Gasteiger partial charge in [0.1, 0.15) is 0 Å². The predicted molar refractivity (Wildman–Crippen MR) is 39.6 cm³/mol. The third-order valence-electron chi connectivity index (χ3n) is 1.38. The molecule has 0 aliphatic heterocycles. The largest absolute Gasteiger partial charge is 1.00 e. The van der Waals surface area contributed by atoms with Crippen LogP contribution >= 0.6 is 0 Å². The van der Waals surface area contributed by atoms with Gasteiger partial charge in [-0.1, -0.05) is 19.2 Å². The molecule has 0 aromatic carbocycles. The number of halogens is 3. The van der Waals surface area contributed by atoms with Crippen molar-refractivity contribution in [3.63, 3.8) is 0 Å². The van der Waals surface area contributed by atoms with Gasteiger partial charge >= 0.3 is 58.4 Å². The molecule has 68 valence electrons. The third kappa shape index (κ3) is 14.0. The van der Waals surface area contributed by atoms with E-state index in [-0.39, 0.29) is 57.8 Å². The van der Waals surface area contributed by atoms with E-state index in [1.165, 1.54) is 0 Å². The van der Waals surface area contributed by atoms with Crippen LogP contribution in [0.1, 0.15) is 19.3 Å². The summed E-state index contributed by atoms with van der Waals surface area (Å²) in [6.45, 7) is -4.00. The molecule has 0 aromatic heterocycles. The number of hydrogen-bond donors (Lipinski definition) is 0. The Bertz CT molecular complexity index is 99.3. The molecule has 0 spiro atoms. The zero-order valence-corrected chi connectivity index (χ0v) is 10.8. The van der Waals surface area contributed by atoms with Crippen molar-refractivity contribution in [2.45, 2.75) is 25.6 Å². The van der Waals surface area contributed by atoms with Gasteiger partial charge in [-0.15, -0.1) is 0 Å². The first-order valence-electron chi connectivity index (χ1n) is 3.76. The van der Waals surface area contributed by atoms with E-state index in [9.17, 15) is 12.9 Å². The smallest absolute Gasteiger partial charge is 0.449 e. The monoisotopic (exact) mass is 208 g/mol. The van der Waals surface area contributed by atoms with Crippen LogP contribution in [-0.2, 0) is 4.74 Å². The molecule has 0 N–H and O–H groups in total. The molecule has 0 aliphatic rings. The van der Waals surface area contributed by atoms with E-state index < -0.39 is 13.3 Å². The average molecular weight is 208 g/mol. The molecular weight excluding hydrogens is 195 g/mol. The van der Waals surface area contributed by atoms with Crippen molar-refractivity contribution >= 4 is 6.98 Å². The van der Waals surface area contributed by atoms with Gasteiger partial charge in [0, 0.05) is 13.7 Å². The second-order valence-electron chi connectivity index (χ2n) is 2.55. The second kappa shape index (κ2) is 9.02. The molecule has 0 rings (SSSR count). The Morgan fingerprint density at radius 2 is 1.67 bits per heavy atom. The molecule has 0 amide bonds. The molecule has 0 heterocycles.